The second-order valence-corrected chi connectivity index (χ2v) is 4.88. The van der Waals surface area contributed by atoms with Gasteiger partial charge in [0.2, 0.25) is 0 Å². The van der Waals surface area contributed by atoms with Crippen molar-refractivity contribution in [2.45, 2.75) is 83.2 Å². The van der Waals surface area contributed by atoms with Gasteiger partial charge in [0, 0.05) is 6.42 Å². The fourth-order valence-electron chi connectivity index (χ4n) is 2.37. The van der Waals surface area contributed by atoms with Gasteiger partial charge >= 0.3 is 0 Å². The summed E-state index contributed by atoms with van der Waals surface area (Å²) in [5.74, 6) is 0. The molecule has 0 radical (unpaired) electrons. The molecule has 4 atom stereocenters. The van der Waals surface area contributed by atoms with Crippen LogP contribution in [0.2, 0.25) is 0 Å². The van der Waals surface area contributed by atoms with Crippen molar-refractivity contribution in [2.75, 3.05) is 0 Å². The summed E-state index contributed by atoms with van der Waals surface area (Å²) in [7, 11) is 0. The summed E-state index contributed by atoms with van der Waals surface area (Å²) in [4.78, 5) is 0. The Morgan fingerprint density at radius 1 is 1.06 bits per heavy atom. The standard InChI is InChI=1S/C13H26O3/c1-3-6-11-7-5-8-12(14)13(15)9-10(4-2)16-11/h10-15H,3-9H2,1-2H3/t10-,11+,12+,13-/m0/s1. The quantitative estimate of drug-likeness (QED) is 0.782. The van der Waals surface area contributed by atoms with Gasteiger partial charge in [-0.15, -0.1) is 0 Å². The molecule has 0 bridgehead atoms. The van der Waals surface area contributed by atoms with E-state index in [9.17, 15) is 10.2 Å². The molecule has 0 saturated carbocycles. The Hall–Kier alpha value is -0.120. The van der Waals surface area contributed by atoms with E-state index >= 15 is 0 Å². The maximum Gasteiger partial charge on any atom is 0.0823 e. The molecule has 1 heterocycles. The summed E-state index contributed by atoms with van der Waals surface area (Å²) < 4.78 is 6.01. The van der Waals surface area contributed by atoms with Crippen molar-refractivity contribution < 1.29 is 14.9 Å². The molecule has 0 unspecified atom stereocenters. The summed E-state index contributed by atoms with van der Waals surface area (Å²) >= 11 is 0. The normalized spacial score (nSPS) is 37.5. The highest BCUT2D eigenvalue weighted by Crippen LogP contribution is 2.22. The van der Waals surface area contributed by atoms with E-state index in [4.69, 9.17) is 4.74 Å². The van der Waals surface area contributed by atoms with Crippen LogP contribution in [0, 0.1) is 0 Å². The summed E-state index contributed by atoms with van der Waals surface area (Å²) in [6.45, 7) is 4.24. The van der Waals surface area contributed by atoms with Crippen molar-refractivity contribution in [3.05, 3.63) is 0 Å². The first-order chi connectivity index (χ1) is 7.67. The molecule has 0 aromatic carbocycles. The molecule has 0 aromatic heterocycles. The number of ether oxygens (including phenoxy) is 1. The van der Waals surface area contributed by atoms with Crippen molar-refractivity contribution in [3.8, 4) is 0 Å². The average molecular weight is 230 g/mol. The molecule has 3 nitrogen and oxygen atoms in total. The smallest absolute Gasteiger partial charge is 0.0823 e. The van der Waals surface area contributed by atoms with Gasteiger partial charge in [-0.3, -0.25) is 0 Å². The monoisotopic (exact) mass is 230 g/mol. The van der Waals surface area contributed by atoms with E-state index in [2.05, 4.69) is 13.8 Å². The number of rotatable bonds is 3. The van der Waals surface area contributed by atoms with Gasteiger partial charge in [-0.1, -0.05) is 20.3 Å². The van der Waals surface area contributed by atoms with Gasteiger partial charge in [0.1, 0.15) is 0 Å². The Balaban J connectivity index is 2.56. The maximum absolute atomic E-state index is 9.80. The van der Waals surface area contributed by atoms with Crippen molar-refractivity contribution in [2.24, 2.45) is 0 Å². The van der Waals surface area contributed by atoms with E-state index in [0.29, 0.717) is 18.9 Å². The van der Waals surface area contributed by atoms with Gasteiger partial charge in [-0.05, 0) is 32.1 Å². The zero-order chi connectivity index (χ0) is 12.0. The molecule has 2 N–H and O–H groups in total. The minimum atomic E-state index is -0.620. The first kappa shape index (κ1) is 13.9. The Morgan fingerprint density at radius 2 is 1.81 bits per heavy atom. The molecule has 1 aliphatic rings. The lowest BCUT2D eigenvalue weighted by molar-refractivity contribution is -0.0561. The van der Waals surface area contributed by atoms with Crippen LogP contribution in [-0.2, 0) is 4.74 Å². The first-order valence-corrected chi connectivity index (χ1v) is 6.68. The van der Waals surface area contributed by atoms with Crippen molar-refractivity contribution >= 4 is 0 Å². The summed E-state index contributed by atoms with van der Waals surface area (Å²) in [6, 6.07) is 0. The van der Waals surface area contributed by atoms with Crippen molar-refractivity contribution in [3.63, 3.8) is 0 Å². The third-order valence-electron chi connectivity index (χ3n) is 3.43. The number of aliphatic hydroxyl groups excluding tert-OH is 2. The average Bonchev–Trinajstić information content (AvgIpc) is 2.32. The predicted molar refractivity (Wildman–Crippen MR) is 64.3 cm³/mol. The highest BCUT2D eigenvalue weighted by molar-refractivity contribution is 4.76. The van der Waals surface area contributed by atoms with E-state index in [1.165, 1.54) is 0 Å². The van der Waals surface area contributed by atoms with E-state index in [1.54, 1.807) is 0 Å². The molecule has 0 aromatic rings. The fraction of sp³-hybridized carbons (Fsp3) is 1.00. The van der Waals surface area contributed by atoms with Crippen molar-refractivity contribution in [1.82, 2.24) is 0 Å². The van der Waals surface area contributed by atoms with Crippen LogP contribution in [0.15, 0.2) is 0 Å². The highest BCUT2D eigenvalue weighted by atomic mass is 16.5. The van der Waals surface area contributed by atoms with Gasteiger partial charge in [0.25, 0.3) is 0 Å². The van der Waals surface area contributed by atoms with Crippen LogP contribution in [0.3, 0.4) is 0 Å². The Bertz CT molecular complexity index is 184. The van der Waals surface area contributed by atoms with Gasteiger partial charge in [-0.2, -0.15) is 0 Å². The molecule has 1 saturated heterocycles. The Labute approximate surface area is 98.8 Å². The van der Waals surface area contributed by atoms with E-state index < -0.39 is 12.2 Å². The first-order valence-electron chi connectivity index (χ1n) is 6.68. The summed E-state index contributed by atoms with van der Waals surface area (Å²) in [5.41, 5.74) is 0. The Kier molecular flexibility index (Phi) is 6.32. The van der Waals surface area contributed by atoms with Crippen LogP contribution in [0.4, 0.5) is 0 Å². The zero-order valence-electron chi connectivity index (χ0n) is 10.6. The molecule has 3 heteroatoms. The largest absolute Gasteiger partial charge is 0.390 e. The van der Waals surface area contributed by atoms with E-state index in [-0.39, 0.29) is 6.10 Å². The van der Waals surface area contributed by atoms with Crippen LogP contribution < -0.4 is 0 Å². The highest BCUT2D eigenvalue weighted by Gasteiger charge is 2.25. The molecular weight excluding hydrogens is 204 g/mol. The van der Waals surface area contributed by atoms with Gasteiger partial charge in [-0.25, -0.2) is 0 Å². The molecule has 1 fully saturated rings. The second kappa shape index (κ2) is 7.25. The minimum Gasteiger partial charge on any atom is -0.390 e. The predicted octanol–water partition coefficient (Wildman–Crippen LogP) is 2.25. The maximum atomic E-state index is 9.80. The fourth-order valence-corrected chi connectivity index (χ4v) is 2.37. The van der Waals surface area contributed by atoms with E-state index in [1.807, 2.05) is 0 Å². The topological polar surface area (TPSA) is 49.7 Å². The van der Waals surface area contributed by atoms with Crippen LogP contribution in [0.25, 0.3) is 0 Å². The molecule has 0 spiro atoms. The summed E-state index contributed by atoms with van der Waals surface area (Å²) in [6.07, 6.45) is 5.56. The second-order valence-electron chi connectivity index (χ2n) is 4.88. The third kappa shape index (κ3) is 4.40. The summed E-state index contributed by atoms with van der Waals surface area (Å²) in [5, 5.41) is 19.5. The van der Waals surface area contributed by atoms with Crippen LogP contribution in [0.5, 0.6) is 0 Å². The molecule has 96 valence electrons. The molecule has 1 rings (SSSR count). The van der Waals surface area contributed by atoms with Gasteiger partial charge in [0.05, 0.1) is 24.4 Å². The van der Waals surface area contributed by atoms with Gasteiger partial charge < -0.3 is 14.9 Å². The van der Waals surface area contributed by atoms with Crippen LogP contribution in [0.1, 0.15) is 58.8 Å². The zero-order valence-corrected chi connectivity index (χ0v) is 10.6. The van der Waals surface area contributed by atoms with Crippen molar-refractivity contribution in [1.29, 1.82) is 0 Å². The van der Waals surface area contributed by atoms with E-state index in [0.717, 1.165) is 32.1 Å². The van der Waals surface area contributed by atoms with Gasteiger partial charge in [0.15, 0.2) is 0 Å². The lowest BCUT2D eigenvalue weighted by Gasteiger charge is -2.24. The molecule has 16 heavy (non-hydrogen) atoms. The number of hydrogen-bond acceptors (Lipinski definition) is 3. The van der Waals surface area contributed by atoms with Crippen LogP contribution in [-0.4, -0.2) is 34.6 Å². The SMILES string of the molecule is CCC[C@@H]1CCC[C@@H](O)[C@@H](O)C[C@H](CC)O1. The molecule has 1 aliphatic heterocycles. The van der Waals surface area contributed by atoms with Crippen LogP contribution >= 0.6 is 0 Å². The number of hydrogen-bond donors (Lipinski definition) is 2. The minimum absolute atomic E-state index is 0.0966. The Morgan fingerprint density at radius 3 is 2.44 bits per heavy atom. The third-order valence-corrected chi connectivity index (χ3v) is 3.43. The lowest BCUT2D eigenvalue weighted by Crippen LogP contribution is -2.30. The molecular formula is C13H26O3. The number of aliphatic hydroxyl groups is 2. The molecule has 0 amide bonds. The lowest BCUT2D eigenvalue weighted by atomic mass is 10.0. The molecule has 0 aliphatic carbocycles.